The molecule has 3 saturated heterocycles. The number of hydrogen-bond acceptors (Lipinski definition) is 7. The van der Waals surface area contributed by atoms with Crippen molar-refractivity contribution < 1.29 is 23.1 Å². The zero-order chi connectivity index (χ0) is 23.2. The van der Waals surface area contributed by atoms with E-state index in [2.05, 4.69) is 15.2 Å². The summed E-state index contributed by atoms with van der Waals surface area (Å²) >= 11 is 1.77. The highest BCUT2D eigenvalue weighted by Crippen LogP contribution is 2.36. The van der Waals surface area contributed by atoms with E-state index in [4.69, 9.17) is 0 Å². The third kappa shape index (κ3) is 5.85. The van der Waals surface area contributed by atoms with Gasteiger partial charge < -0.3 is 20.2 Å². The molecule has 0 unspecified atom stereocenters. The first-order valence-electron chi connectivity index (χ1n) is 11.1. The first-order chi connectivity index (χ1) is 15.8. The second-order valence-electron chi connectivity index (χ2n) is 8.74. The Balaban J connectivity index is 0.00000171. The van der Waals surface area contributed by atoms with Crippen LogP contribution in [0.25, 0.3) is 10.9 Å². The number of anilines is 1. The quantitative estimate of drug-likeness (QED) is 0.604. The first kappa shape index (κ1) is 27.9. The van der Waals surface area contributed by atoms with Gasteiger partial charge in [-0.1, -0.05) is 0 Å². The lowest BCUT2D eigenvalue weighted by Crippen LogP contribution is -2.51. The minimum absolute atomic E-state index is 0. The lowest BCUT2D eigenvalue weighted by Gasteiger charge is -2.39. The van der Waals surface area contributed by atoms with Crippen molar-refractivity contribution in [3.63, 3.8) is 0 Å². The summed E-state index contributed by atoms with van der Waals surface area (Å²) in [5.41, 5.74) is -0.284. The number of phenols is 1. The number of carbonyl (C=O) groups is 1. The summed E-state index contributed by atoms with van der Waals surface area (Å²) in [5.74, 6) is 1.91. The molecule has 13 heteroatoms. The number of alkyl halides is 3. The van der Waals surface area contributed by atoms with Crippen LogP contribution in [0.15, 0.2) is 24.3 Å². The molecule has 2 atom stereocenters. The molecule has 0 radical (unpaired) electrons. The minimum Gasteiger partial charge on any atom is -0.508 e. The Kier molecular flexibility index (Phi) is 8.91. The fourth-order valence-electron chi connectivity index (χ4n) is 4.92. The molecule has 1 aromatic carbocycles. The van der Waals surface area contributed by atoms with Crippen molar-refractivity contribution in [2.45, 2.75) is 24.7 Å². The number of hydrogen-bond donors (Lipinski definition) is 2. The highest BCUT2D eigenvalue weighted by atomic mass is 35.5. The Morgan fingerprint density at radius 2 is 1.86 bits per heavy atom. The number of carbonyl (C=O) groups excluding carboxylic acids is 1. The van der Waals surface area contributed by atoms with Crippen LogP contribution in [0.3, 0.4) is 0 Å². The third-order valence-corrected chi connectivity index (χ3v) is 7.67. The molecule has 5 rings (SSSR count). The molecule has 3 aliphatic heterocycles. The number of piperazine rings is 1. The van der Waals surface area contributed by atoms with Crippen molar-refractivity contribution in [3.8, 4) is 5.75 Å². The van der Waals surface area contributed by atoms with Crippen LogP contribution in [0.2, 0.25) is 0 Å². The van der Waals surface area contributed by atoms with E-state index in [1.165, 1.54) is 18.2 Å². The molecule has 7 nitrogen and oxygen atoms in total. The van der Waals surface area contributed by atoms with Crippen LogP contribution >= 0.6 is 36.6 Å². The molecule has 2 N–H and O–H groups in total. The van der Waals surface area contributed by atoms with Crippen LogP contribution in [0.1, 0.15) is 12.1 Å². The van der Waals surface area contributed by atoms with Crippen molar-refractivity contribution in [3.05, 3.63) is 30.0 Å². The predicted octanol–water partition coefficient (Wildman–Crippen LogP) is 3.19. The Hall–Kier alpha value is -1.66. The number of aromatic nitrogens is 1. The molecule has 0 saturated carbocycles. The number of halogens is 5. The number of fused-ring (bicyclic) bond motifs is 1. The van der Waals surface area contributed by atoms with Crippen LogP contribution in [0.5, 0.6) is 5.75 Å². The summed E-state index contributed by atoms with van der Waals surface area (Å²) in [6.07, 6.45) is -3.79. The Morgan fingerprint density at radius 1 is 1.11 bits per heavy atom. The van der Waals surface area contributed by atoms with E-state index in [1.807, 2.05) is 9.80 Å². The number of aromatic hydroxyl groups is 1. The lowest BCUT2D eigenvalue weighted by atomic mass is 10.1. The summed E-state index contributed by atoms with van der Waals surface area (Å²) in [7, 11) is 0. The summed E-state index contributed by atoms with van der Waals surface area (Å²) in [5, 5.41) is 13.8. The van der Waals surface area contributed by atoms with Crippen LogP contribution in [-0.4, -0.2) is 88.8 Å². The van der Waals surface area contributed by atoms with E-state index in [9.17, 15) is 23.1 Å². The number of amides is 1. The van der Waals surface area contributed by atoms with Gasteiger partial charge in [-0.2, -0.15) is 13.2 Å². The second kappa shape index (κ2) is 11.2. The van der Waals surface area contributed by atoms with Crippen LogP contribution in [0, 0.1) is 0 Å². The van der Waals surface area contributed by atoms with Crippen molar-refractivity contribution in [2.24, 2.45) is 0 Å². The minimum atomic E-state index is -4.55. The Labute approximate surface area is 218 Å². The van der Waals surface area contributed by atoms with Crippen molar-refractivity contribution >= 4 is 59.1 Å². The topological polar surface area (TPSA) is 71.9 Å². The van der Waals surface area contributed by atoms with E-state index in [0.717, 1.165) is 37.2 Å². The van der Waals surface area contributed by atoms with E-state index in [-0.39, 0.29) is 54.1 Å². The van der Waals surface area contributed by atoms with Gasteiger partial charge in [0.2, 0.25) is 5.91 Å². The number of nitrogens with one attached hydrogen (secondary N) is 1. The summed E-state index contributed by atoms with van der Waals surface area (Å²) in [4.78, 5) is 22.6. The zero-order valence-electron chi connectivity index (χ0n) is 18.8. The SMILES string of the molecule is Cl.Cl.O=C([C@@H]1C[C@H](N2CCN(c3cc(C(F)(F)F)nc4ccc(O)cc34)CC2)CN1)N1CCSC1. The molecule has 1 amide bonds. The van der Waals surface area contributed by atoms with Gasteiger partial charge in [0, 0.05) is 62.1 Å². The van der Waals surface area contributed by atoms with Crippen molar-refractivity contribution in [1.29, 1.82) is 0 Å². The highest BCUT2D eigenvalue weighted by Gasteiger charge is 2.38. The summed E-state index contributed by atoms with van der Waals surface area (Å²) in [6, 6.07) is 5.39. The maximum Gasteiger partial charge on any atom is 0.433 e. The van der Waals surface area contributed by atoms with Gasteiger partial charge in [0.1, 0.15) is 11.4 Å². The van der Waals surface area contributed by atoms with Crippen molar-refractivity contribution in [2.75, 3.05) is 55.8 Å². The van der Waals surface area contributed by atoms with Crippen LogP contribution in [0.4, 0.5) is 18.9 Å². The van der Waals surface area contributed by atoms with E-state index >= 15 is 0 Å². The number of phenolic OH excluding ortho intramolecular Hbond substituents is 1. The Morgan fingerprint density at radius 3 is 2.51 bits per heavy atom. The molecular formula is C22H28Cl2F3N5O2S. The van der Waals surface area contributed by atoms with Crippen LogP contribution < -0.4 is 10.2 Å². The number of benzene rings is 1. The average molecular weight is 554 g/mol. The van der Waals surface area contributed by atoms with Gasteiger partial charge >= 0.3 is 6.18 Å². The largest absolute Gasteiger partial charge is 0.508 e. The van der Waals surface area contributed by atoms with Gasteiger partial charge in [0.15, 0.2) is 0 Å². The second-order valence-corrected chi connectivity index (χ2v) is 9.81. The molecule has 1 aromatic heterocycles. The fraction of sp³-hybridized carbons (Fsp3) is 0.545. The van der Waals surface area contributed by atoms with E-state index in [1.54, 1.807) is 11.8 Å². The molecule has 3 fully saturated rings. The zero-order valence-corrected chi connectivity index (χ0v) is 21.3. The van der Waals surface area contributed by atoms with Gasteiger partial charge in [-0.3, -0.25) is 9.69 Å². The Bertz CT molecular complexity index is 1050. The van der Waals surface area contributed by atoms with Gasteiger partial charge in [-0.15, -0.1) is 36.6 Å². The van der Waals surface area contributed by atoms with Crippen molar-refractivity contribution in [1.82, 2.24) is 20.1 Å². The molecule has 4 heterocycles. The maximum absolute atomic E-state index is 13.4. The van der Waals surface area contributed by atoms with Gasteiger partial charge in [-0.25, -0.2) is 4.98 Å². The smallest absolute Gasteiger partial charge is 0.433 e. The molecule has 2 aromatic rings. The molecule has 0 bridgehead atoms. The summed E-state index contributed by atoms with van der Waals surface area (Å²) in [6.45, 7) is 4.05. The van der Waals surface area contributed by atoms with Gasteiger partial charge in [0.05, 0.1) is 17.4 Å². The first-order valence-corrected chi connectivity index (χ1v) is 12.2. The number of rotatable bonds is 3. The molecule has 0 spiro atoms. The number of pyridine rings is 1. The fourth-order valence-corrected chi connectivity index (χ4v) is 5.88. The monoisotopic (exact) mass is 553 g/mol. The molecular weight excluding hydrogens is 526 g/mol. The highest BCUT2D eigenvalue weighted by molar-refractivity contribution is 7.99. The standard InChI is InChI=1S/C22H26F3N5O2S.2ClH/c23-22(24,25)20-11-19(16-10-15(31)1-2-17(16)27-20)29-5-3-28(4-6-29)14-9-18(26-12-14)21(32)30-7-8-33-13-30;;/h1-2,10-11,14,18,26,31H,3-9,12-13H2;2*1H/t14-,18-;;/m0../s1. The predicted molar refractivity (Wildman–Crippen MR) is 136 cm³/mol. The normalized spacial score (nSPS) is 23.3. The molecule has 35 heavy (non-hydrogen) atoms. The van der Waals surface area contributed by atoms with Gasteiger partial charge in [-0.05, 0) is 30.7 Å². The average Bonchev–Trinajstić information content (AvgIpc) is 3.50. The van der Waals surface area contributed by atoms with E-state index < -0.39 is 11.9 Å². The number of thioether (sulfide) groups is 1. The molecule has 0 aliphatic carbocycles. The third-order valence-electron chi connectivity index (χ3n) is 6.70. The van der Waals surface area contributed by atoms with Crippen LogP contribution in [-0.2, 0) is 11.0 Å². The van der Waals surface area contributed by atoms with Gasteiger partial charge in [0.25, 0.3) is 0 Å². The molecule has 194 valence electrons. The maximum atomic E-state index is 13.4. The number of nitrogens with zero attached hydrogens (tertiary/aromatic N) is 4. The van der Waals surface area contributed by atoms with E-state index in [0.29, 0.717) is 37.3 Å². The summed E-state index contributed by atoms with van der Waals surface area (Å²) < 4.78 is 40.3. The molecule has 3 aliphatic rings. The lowest BCUT2D eigenvalue weighted by molar-refractivity contribution is -0.141.